The zero-order chi connectivity index (χ0) is 14.3. The van der Waals surface area contributed by atoms with Gasteiger partial charge in [0.05, 0.1) is 7.11 Å². The Morgan fingerprint density at radius 2 is 2.21 bits per heavy atom. The number of aliphatic hydroxyl groups is 1. The summed E-state index contributed by atoms with van der Waals surface area (Å²) in [5.41, 5.74) is 6.96. The van der Waals surface area contributed by atoms with Crippen LogP contribution >= 0.6 is 15.9 Å². The lowest BCUT2D eigenvalue weighted by atomic mass is 10.0. The quantitative estimate of drug-likeness (QED) is 0.683. The molecule has 0 fully saturated rings. The van der Waals surface area contributed by atoms with Gasteiger partial charge in [0.1, 0.15) is 5.75 Å². The van der Waals surface area contributed by atoms with Crippen molar-refractivity contribution < 1.29 is 9.84 Å². The highest BCUT2D eigenvalue weighted by Crippen LogP contribution is 2.27. The molecule has 0 aliphatic carbocycles. The van der Waals surface area contributed by atoms with Crippen LogP contribution in [-0.4, -0.2) is 31.4 Å². The van der Waals surface area contributed by atoms with Crippen LogP contribution in [-0.2, 0) is 0 Å². The Balaban J connectivity index is 2.78. The van der Waals surface area contributed by atoms with Crippen LogP contribution in [0.2, 0.25) is 0 Å². The molecule has 0 aromatic heterocycles. The Morgan fingerprint density at radius 1 is 1.47 bits per heavy atom. The molecule has 0 aliphatic heterocycles. The van der Waals surface area contributed by atoms with E-state index in [1.165, 1.54) is 0 Å². The predicted molar refractivity (Wildman–Crippen MR) is 81.4 cm³/mol. The predicted octanol–water partition coefficient (Wildman–Crippen LogP) is 2.21. The molecule has 0 heterocycles. The molecular weight excluding hydrogens is 308 g/mol. The third-order valence-electron chi connectivity index (χ3n) is 3.10. The molecule has 5 heteroatoms. The molecule has 0 radical (unpaired) electrons. The average molecular weight is 331 g/mol. The Bertz CT molecular complexity index is 388. The van der Waals surface area contributed by atoms with E-state index in [-0.39, 0.29) is 12.6 Å². The Morgan fingerprint density at radius 3 is 2.79 bits per heavy atom. The van der Waals surface area contributed by atoms with Gasteiger partial charge in [0.2, 0.25) is 0 Å². The Kier molecular flexibility index (Phi) is 7.38. The van der Waals surface area contributed by atoms with E-state index in [0.29, 0.717) is 12.6 Å². The smallest absolute Gasteiger partial charge is 0.119 e. The summed E-state index contributed by atoms with van der Waals surface area (Å²) >= 11 is 3.55. The summed E-state index contributed by atoms with van der Waals surface area (Å²) in [6, 6.07) is 6.25. The van der Waals surface area contributed by atoms with Crippen molar-refractivity contribution in [3.05, 3.63) is 28.2 Å². The van der Waals surface area contributed by atoms with Crippen LogP contribution in [0.15, 0.2) is 22.7 Å². The molecule has 0 saturated carbocycles. The number of hydrogen-bond acceptors (Lipinski definition) is 4. The van der Waals surface area contributed by atoms with Crippen LogP contribution in [0.1, 0.15) is 31.4 Å². The number of aliphatic hydroxyl groups excluding tert-OH is 1. The maximum absolute atomic E-state index is 8.86. The number of nitrogens with one attached hydrogen (secondary N) is 1. The molecule has 0 aliphatic rings. The molecule has 19 heavy (non-hydrogen) atoms. The number of ether oxygens (including phenoxy) is 1. The number of hydrogen-bond donors (Lipinski definition) is 3. The lowest BCUT2D eigenvalue weighted by Crippen LogP contribution is -2.35. The first-order chi connectivity index (χ1) is 9.12. The lowest BCUT2D eigenvalue weighted by molar-refractivity contribution is 0.274. The molecule has 0 bridgehead atoms. The van der Waals surface area contributed by atoms with Gasteiger partial charge < -0.3 is 20.9 Å². The SMILES string of the molecule is COc1ccc(Br)c(C(CN)NC(C)CCCO)c1. The molecule has 2 atom stereocenters. The maximum atomic E-state index is 8.86. The van der Waals surface area contributed by atoms with Gasteiger partial charge in [-0.2, -0.15) is 0 Å². The highest BCUT2D eigenvalue weighted by molar-refractivity contribution is 9.10. The second-order valence-electron chi connectivity index (χ2n) is 4.61. The zero-order valence-corrected chi connectivity index (χ0v) is 13.1. The van der Waals surface area contributed by atoms with Gasteiger partial charge in [-0.05, 0) is 43.5 Å². The van der Waals surface area contributed by atoms with Gasteiger partial charge >= 0.3 is 0 Å². The van der Waals surface area contributed by atoms with Crippen LogP contribution in [0.5, 0.6) is 5.75 Å². The first-order valence-electron chi connectivity index (χ1n) is 6.52. The molecule has 1 rings (SSSR count). The summed E-state index contributed by atoms with van der Waals surface area (Å²) in [5, 5.41) is 12.3. The fourth-order valence-corrected chi connectivity index (χ4v) is 2.55. The minimum absolute atomic E-state index is 0.0677. The van der Waals surface area contributed by atoms with E-state index in [4.69, 9.17) is 15.6 Å². The van der Waals surface area contributed by atoms with E-state index in [0.717, 1.165) is 28.6 Å². The summed E-state index contributed by atoms with van der Waals surface area (Å²) in [6.45, 7) is 2.84. The van der Waals surface area contributed by atoms with E-state index in [1.54, 1.807) is 7.11 Å². The minimum atomic E-state index is 0.0677. The second-order valence-corrected chi connectivity index (χ2v) is 5.46. The molecule has 1 aromatic rings. The molecule has 2 unspecified atom stereocenters. The van der Waals surface area contributed by atoms with Crippen LogP contribution in [0.3, 0.4) is 0 Å². The van der Waals surface area contributed by atoms with E-state index < -0.39 is 0 Å². The second kappa shape index (κ2) is 8.53. The largest absolute Gasteiger partial charge is 0.497 e. The molecule has 0 saturated heterocycles. The fourth-order valence-electron chi connectivity index (χ4n) is 2.02. The average Bonchev–Trinajstić information content (AvgIpc) is 2.43. The van der Waals surface area contributed by atoms with Crippen LogP contribution in [0.25, 0.3) is 0 Å². The van der Waals surface area contributed by atoms with Crippen molar-refractivity contribution in [2.24, 2.45) is 5.73 Å². The minimum Gasteiger partial charge on any atom is -0.497 e. The maximum Gasteiger partial charge on any atom is 0.119 e. The highest BCUT2D eigenvalue weighted by atomic mass is 79.9. The molecular formula is C14H23BrN2O2. The zero-order valence-electron chi connectivity index (χ0n) is 11.5. The van der Waals surface area contributed by atoms with Crippen molar-refractivity contribution in [1.82, 2.24) is 5.32 Å². The third kappa shape index (κ3) is 5.10. The van der Waals surface area contributed by atoms with Crippen LogP contribution in [0.4, 0.5) is 0 Å². The van der Waals surface area contributed by atoms with Crippen LogP contribution in [0, 0.1) is 0 Å². The van der Waals surface area contributed by atoms with Gasteiger partial charge in [-0.25, -0.2) is 0 Å². The normalized spacial score (nSPS) is 14.2. The molecule has 0 spiro atoms. The van der Waals surface area contributed by atoms with Gasteiger partial charge in [0.25, 0.3) is 0 Å². The monoisotopic (exact) mass is 330 g/mol. The van der Waals surface area contributed by atoms with Gasteiger partial charge in [0, 0.05) is 29.7 Å². The van der Waals surface area contributed by atoms with E-state index in [2.05, 4.69) is 28.2 Å². The van der Waals surface area contributed by atoms with E-state index in [9.17, 15) is 0 Å². The van der Waals surface area contributed by atoms with Gasteiger partial charge in [-0.1, -0.05) is 15.9 Å². The lowest BCUT2D eigenvalue weighted by Gasteiger charge is -2.23. The van der Waals surface area contributed by atoms with E-state index >= 15 is 0 Å². The number of halogens is 1. The summed E-state index contributed by atoms with van der Waals surface area (Å²) in [7, 11) is 1.65. The number of rotatable bonds is 8. The molecule has 1 aromatic carbocycles. The summed E-state index contributed by atoms with van der Waals surface area (Å²) in [5.74, 6) is 0.821. The van der Waals surface area contributed by atoms with Crippen molar-refractivity contribution >= 4 is 15.9 Å². The van der Waals surface area contributed by atoms with Crippen molar-refractivity contribution in [2.45, 2.75) is 31.8 Å². The van der Waals surface area contributed by atoms with E-state index in [1.807, 2.05) is 18.2 Å². The highest BCUT2D eigenvalue weighted by Gasteiger charge is 2.16. The first kappa shape index (κ1) is 16.4. The van der Waals surface area contributed by atoms with Gasteiger partial charge in [-0.3, -0.25) is 0 Å². The van der Waals surface area contributed by atoms with Crippen molar-refractivity contribution in [3.63, 3.8) is 0 Å². The summed E-state index contributed by atoms with van der Waals surface area (Å²) in [6.07, 6.45) is 1.72. The van der Waals surface area contributed by atoms with Gasteiger partial charge in [-0.15, -0.1) is 0 Å². The summed E-state index contributed by atoms with van der Waals surface area (Å²) < 4.78 is 6.27. The Hall–Kier alpha value is -0.620. The number of nitrogens with two attached hydrogens (primary N) is 1. The van der Waals surface area contributed by atoms with Crippen molar-refractivity contribution in [1.29, 1.82) is 0 Å². The van der Waals surface area contributed by atoms with Gasteiger partial charge in [0.15, 0.2) is 0 Å². The molecule has 4 N–H and O–H groups in total. The van der Waals surface area contributed by atoms with Crippen LogP contribution < -0.4 is 15.8 Å². The fraction of sp³-hybridized carbons (Fsp3) is 0.571. The molecule has 4 nitrogen and oxygen atoms in total. The molecule has 108 valence electrons. The summed E-state index contributed by atoms with van der Waals surface area (Å²) in [4.78, 5) is 0. The standard InChI is InChI=1S/C14H23BrN2O2/c1-10(4-3-7-18)17-14(9-16)12-8-11(19-2)5-6-13(12)15/h5-6,8,10,14,17-18H,3-4,7,9,16H2,1-2H3. The molecule has 0 amide bonds. The number of benzene rings is 1. The van der Waals surface area contributed by atoms with Crippen molar-refractivity contribution in [3.8, 4) is 5.75 Å². The number of methoxy groups -OCH3 is 1. The van der Waals surface area contributed by atoms with Crippen molar-refractivity contribution in [2.75, 3.05) is 20.3 Å². The third-order valence-corrected chi connectivity index (χ3v) is 3.82. The first-order valence-corrected chi connectivity index (χ1v) is 7.32. The topological polar surface area (TPSA) is 67.5 Å². The Labute approximate surface area is 123 Å².